The van der Waals surface area contributed by atoms with Crippen LogP contribution in [0.25, 0.3) is 0 Å². The standard InChI is InChI=1S/C21H22FN3O2/c1-15-4-2-3-5-18(15)25-14-21(12-19(25)26)10-11-24(13-21)20(27)23-17-8-6-16(22)7-9-17/h2-9H,10-14H2,1H3,(H,23,27). The van der Waals surface area contributed by atoms with Crippen molar-refractivity contribution in [3.8, 4) is 0 Å². The summed E-state index contributed by atoms with van der Waals surface area (Å²) in [4.78, 5) is 28.8. The van der Waals surface area contributed by atoms with Crippen LogP contribution in [0.2, 0.25) is 0 Å². The summed E-state index contributed by atoms with van der Waals surface area (Å²) in [5, 5.41) is 2.80. The van der Waals surface area contributed by atoms with Gasteiger partial charge < -0.3 is 15.1 Å². The van der Waals surface area contributed by atoms with Crippen molar-refractivity contribution in [1.82, 2.24) is 4.90 Å². The molecule has 2 heterocycles. The van der Waals surface area contributed by atoms with E-state index in [4.69, 9.17) is 0 Å². The van der Waals surface area contributed by atoms with E-state index in [2.05, 4.69) is 5.32 Å². The smallest absolute Gasteiger partial charge is 0.321 e. The maximum Gasteiger partial charge on any atom is 0.321 e. The molecule has 0 radical (unpaired) electrons. The summed E-state index contributed by atoms with van der Waals surface area (Å²) < 4.78 is 13.0. The van der Waals surface area contributed by atoms with E-state index in [1.54, 1.807) is 4.90 Å². The first-order valence-corrected chi connectivity index (χ1v) is 9.13. The third kappa shape index (κ3) is 3.39. The molecule has 2 fully saturated rings. The van der Waals surface area contributed by atoms with Gasteiger partial charge in [-0.1, -0.05) is 18.2 Å². The number of anilines is 2. The molecule has 0 bridgehead atoms. The van der Waals surface area contributed by atoms with Gasteiger partial charge in [0, 0.05) is 42.8 Å². The first-order valence-electron chi connectivity index (χ1n) is 9.13. The van der Waals surface area contributed by atoms with Gasteiger partial charge in [-0.2, -0.15) is 0 Å². The maximum atomic E-state index is 13.0. The summed E-state index contributed by atoms with van der Waals surface area (Å²) in [6.45, 7) is 3.80. The van der Waals surface area contributed by atoms with Crippen molar-refractivity contribution in [3.05, 3.63) is 59.9 Å². The van der Waals surface area contributed by atoms with Crippen molar-refractivity contribution in [3.63, 3.8) is 0 Å². The number of para-hydroxylation sites is 1. The largest absolute Gasteiger partial charge is 0.324 e. The van der Waals surface area contributed by atoms with Gasteiger partial charge in [0.05, 0.1) is 0 Å². The molecule has 27 heavy (non-hydrogen) atoms. The SMILES string of the molecule is Cc1ccccc1N1CC2(CCN(C(=O)Nc3ccc(F)cc3)C2)CC1=O. The Morgan fingerprint density at radius 2 is 1.85 bits per heavy atom. The van der Waals surface area contributed by atoms with Crippen LogP contribution >= 0.6 is 0 Å². The zero-order chi connectivity index (χ0) is 19.0. The molecule has 2 aliphatic rings. The van der Waals surface area contributed by atoms with E-state index >= 15 is 0 Å². The Hall–Kier alpha value is -2.89. The third-order valence-corrected chi connectivity index (χ3v) is 5.55. The molecule has 6 heteroatoms. The van der Waals surface area contributed by atoms with Gasteiger partial charge in [-0.3, -0.25) is 4.79 Å². The average Bonchev–Trinajstić information content (AvgIpc) is 3.20. The van der Waals surface area contributed by atoms with Crippen molar-refractivity contribution < 1.29 is 14.0 Å². The number of hydrogen-bond acceptors (Lipinski definition) is 2. The molecular weight excluding hydrogens is 345 g/mol. The Bertz CT molecular complexity index is 883. The van der Waals surface area contributed by atoms with Gasteiger partial charge in [0.15, 0.2) is 0 Å². The van der Waals surface area contributed by atoms with Crippen LogP contribution < -0.4 is 10.2 Å². The zero-order valence-electron chi connectivity index (χ0n) is 15.2. The molecule has 2 aromatic carbocycles. The number of urea groups is 1. The lowest BCUT2D eigenvalue weighted by Crippen LogP contribution is -2.36. The second-order valence-corrected chi connectivity index (χ2v) is 7.55. The molecule has 2 aliphatic heterocycles. The predicted octanol–water partition coefficient (Wildman–Crippen LogP) is 3.80. The highest BCUT2D eigenvalue weighted by Gasteiger charge is 2.49. The van der Waals surface area contributed by atoms with Gasteiger partial charge in [0.1, 0.15) is 5.82 Å². The first-order chi connectivity index (χ1) is 13.0. The van der Waals surface area contributed by atoms with Crippen LogP contribution in [-0.4, -0.2) is 36.5 Å². The molecule has 0 saturated carbocycles. The fourth-order valence-electron chi connectivity index (χ4n) is 4.10. The summed E-state index contributed by atoms with van der Waals surface area (Å²) in [7, 11) is 0. The van der Waals surface area contributed by atoms with Gasteiger partial charge in [0.2, 0.25) is 5.91 Å². The van der Waals surface area contributed by atoms with E-state index in [0.717, 1.165) is 17.7 Å². The van der Waals surface area contributed by atoms with Gasteiger partial charge in [0.25, 0.3) is 0 Å². The normalized spacial score (nSPS) is 21.9. The van der Waals surface area contributed by atoms with E-state index < -0.39 is 0 Å². The lowest BCUT2D eigenvalue weighted by molar-refractivity contribution is -0.117. The second-order valence-electron chi connectivity index (χ2n) is 7.55. The number of carbonyl (C=O) groups excluding carboxylic acids is 2. The molecule has 0 aromatic heterocycles. The van der Waals surface area contributed by atoms with Crippen LogP contribution in [0, 0.1) is 18.2 Å². The highest BCUT2D eigenvalue weighted by Crippen LogP contribution is 2.42. The summed E-state index contributed by atoms with van der Waals surface area (Å²) in [5.41, 5.74) is 2.39. The molecule has 3 amide bonds. The molecule has 2 saturated heterocycles. The topological polar surface area (TPSA) is 52.6 Å². The number of rotatable bonds is 2. The Kier molecular flexibility index (Phi) is 4.34. The van der Waals surface area contributed by atoms with Crippen LogP contribution in [-0.2, 0) is 4.79 Å². The summed E-state index contributed by atoms with van der Waals surface area (Å²) in [6.07, 6.45) is 1.26. The summed E-state index contributed by atoms with van der Waals surface area (Å²) in [6, 6.07) is 13.4. The Labute approximate surface area is 157 Å². The maximum absolute atomic E-state index is 13.0. The lowest BCUT2D eigenvalue weighted by atomic mass is 9.86. The molecule has 0 aliphatic carbocycles. The van der Waals surface area contributed by atoms with Crippen molar-refractivity contribution in [2.45, 2.75) is 19.8 Å². The van der Waals surface area contributed by atoms with E-state index in [-0.39, 0.29) is 23.2 Å². The highest BCUT2D eigenvalue weighted by atomic mass is 19.1. The molecule has 4 rings (SSSR count). The minimum absolute atomic E-state index is 0.116. The van der Waals surface area contributed by atoms with E-state index in [1.165, 1.54) is 24.3 Å². The van der Waals surface area contributed by atoms with Gasteiger partial charge >= 0.3 is 6.03 Å². The second kappa shape index (κ2) is 6.68. The fraction of sp³-hybridized carbons (Fsp3) is 0.333. The number of halogens is 1. The van der Waals surface area contributed by atoms with Gasteiger partial charge in [-0.25, -0.2) is 9.18 Å². The number of likely N-dealkylation sites (tertiary alicyclic amines) is 1. The predicted molar refractivity (Wildman–Crippen MR) is 102 cm³/mol. The highest BCUT2D eigenvalue weighted by molar-refractivity contribution is 5.97. The first kappa shape index (κ1) is 17.5. The minimum atomic E-state index is -0.339. The number of benzene rings is 2. The molecular formula is C21H22FN3O2. The number of nitrogens with one attached hydrogen (secondary N) is 1. The number of carbonyl (C=O) groups is 2. The molecule has 1 spiro atoms. The van der Waals surface area contributed by atoms with Crippen LogP contribution in [0.1, 0.15) is 18.4 Å². The summed E-state index contributed by atoms with van der Waals surface area (Å²) in [5.74, 6) is -0.223. The van der Waals surface area contributed by atoms with Crippen LogP contribution in [0.3, 0.4) is 0 Å². The Morgan fingerprint density at radius 3 is 2.59 bits per heavy atom. The molecule has 1 unspecified atom stereocenters. The molecule has 140 valence electrons. The Morgan fingerprint density at radius 1 is 1.11 bits per heavy atom. The van der Waals surface area contributed by atoms with Crippen molar-refractivity contribution >= 4 is 23.3 Å². The molecule has 2 aromatic rings. The number of hydrogen-bond donors (Lipinski definition) is 1. The fourth-order valence-corrected chi connectivity index (χ4v) is 4.10. The molecule has 5 nitrogen and oxygen atoms in total. The average molecular weight is 367 g/mol. The van der Waals surface area contributed by atoms with Crippen LogP contribution in [0.4, 0.5) is 20.6 Å². The van der Waals surface area contributed by atoms with Crippen molar-refractivity contribution in [2.75, 3.05) is 29.9 Å². The monoisotopic (exact) mass is 367 g/mol. The Balaban J connectivity index is 1.44. The van der Waals surface area contributed by atoms with E-state index in [0.29, 0.717) is 31.7 Å². The zero-order valence-corrected chi connectivity index (χ0v) is 15.2. The van der Waals surface area contributed by atoms with Gasteiger partial charge in [-0.05, 0) is 49.2 Å². The number of aryl methyl sites for hydroxylation is 1. The van der Waals surface area contributed by atoms with Crippen LogP contribution in [0.15, 0.2) is 48.5 Å². The van der Waals surface area contributed by atoms with Crippen molar-refractivity contribution in [1.29, 1.82) is 0 Å². The van der Waals surface area contributed by atoms with Gasteiger partial charge in [-0.15, -0.1) is 0 Å². The lowest BCUT2D eigenvalue weighted by Gasteiger charge is -2.25. The minimum Gasteiger partial charge on any atom is -0.324 e. The quantitative estimate of drug-likeness (QED) is 0.878. The van der Waals surface area contributed by atoms with Crippen LogP contribution in [0.5, 0.6) is 0 Å². The number of amides is 3. The number of nitrogens with zero attached hydrogens (tertiary/aromatic N) is 2. The summed E-state index contributed by atoms with van der Waals surface area (Å²) >= 11 is 0. The molecule has 1 N–H and O–H groups in total. The molecule has 1 atom stereocenters. The third-order valence-electron chi connectivity index (χ3n) is 5.55. The van der Waals surface area contributed by atoms with E-state index in [1.807, 2.05) is 36.1 Å². The van der Waals surface area contributed by atoms with E-state index in [9.17, 15) is 14.0 Å². The van der Waals surface area contributed by atoms with Crippen molar-refractivity contribution in [2.24, 2.45) is 5.41 Å².